The SMILES string of the molecule is COc1ccccc1N(CC(=O)NCc1ccc(N2CCCCC2)cc1)S(=O)(=O)c1ccc(C)cc1. The lowest BCUT2D eigenvalue weighted by molar-refractivity contribution is -0.119. The number of carbonyl (C=O) groups is 1. The summed E-state index contributed by atoms with van der Waals surface area (Å²) >= 11 is 0. The number of rotatable bonds is 9. The smallest absolute Gasteiger partial charge is 0.264 e. The van der Waals surface area contributed by atoms with E-state index in [0.717, 1.165) is 28.5 Å². The number of carbonyl (C=O) groups excluding carboxylic acids is 1. The summed E-state index contributed by atoms with van der Waals surface area (Å²) in [5, 5.41) is 2.87. The Morgan fingerprint density at radius 3 is 2.28 bits per heavy atom. The fourth-order valence-corrected chi connectivity index (χ4v) is 5.77. The Balaban J connectivity index is 1.50. The first-order valence-corrected chi connectivity index (χ1v) is 13.7. The van der Waals surface area contributed by atoms with Crippen LogP contribution in [0.5, 0.6) is 5.75 Å². The average molecular weight is 508 g/mol. The van der Waals surface area contributed by atoms with Crippen molar-refractivity contribution >= 4 is 27.3 Å². The fourth-order valence-electron chi connectivity index (χ4n) is 4.34. The molecule has 0 radical (unpaired) electrons. The number of aryl methyl sites for hydroxylation is 1. The number of sulfonamides is 1. The molecule has 3 aromatic rings. The minimum absolute atomic E-state index is 0.111. The van der Waals surface area contributed by atoms with Gasteiger partial charge in [-0.1, -0.05) is 42.0 Å². The maximum absolute atomic E-state index is 13.6. The quantitative estimate of drug-likeness (QED) is 0.461. The van der Waals surface area contributed by atoms with Gasteiger partial charge in [-0.2, -0.15) is 0 Å². The Kier molecular flexibility index (Phi) is 8.15. The van der Waals surface area contributed by atoms with E-state index in [9.17, 15) is 13.2 Å². The molecular formula is C28H33N3O4S. The van der Waals surface area contributed by atoms with Gasteiger partial charge in [0, 0.05) is 25.3 Å². The number of para-hydroxylation sites is 2. The molecule has 36 heavy (non-hydrogen) atoms. The lowest BCUT2D eigenvalue weighted by Gasteiger charge is -2.29. The van der Waals surface area contributed by atoms with Crippen LogP contribution in [0.2, 0.25) is 0 Å². The first-order valence-electron chi connectivity index (χ1n) is 12.2. The Morgan fingerprint density at radius 1 is 0.944 bits per heavy atom. The zero-order chi connectivity index (χ0) is 25.5. The molecule has 0 spiro atoms. The van der Waals surface area contributed by atoms with E-state index >= 15 is 0 Å². The zero-order valence-corrected chi connectivity index (χ0v) is 21.6. The second-order valence-electron chi connectivity index (χ2n) is 8.99. The van der Waals surface area contributed by atoms with Gasteiger partial charge >= 0.3 is 0 Å². The second kappa shape index (κ2) is 11.5. The van der Waals surface area contributed by atoms with Crippen LogP contribution in [0.4, 0.5) is 11.4 Å². The monoisotopic (exact) mass is 507 g/mol. The van der Waals surface area contributed by atoms with Crippen LogP contribution in [0.1, 0.15) is 30.4 Å². The van der Waals surface area contributed by atoms with Crippen LogP contribution >= 0.6 is 0 Å². The predicted octanol–water partition coefficient (Wildman–Crippen LogP) is 4.51. The van der Waals surface area contributed by atoms with E-state index in [1.165, 1.54) is 32.1 Å². The van der Waals surface area contributed by atoms with Crippen molar-refractivity contribution in [1.29, 1.82) is 0 Å². The van der Waals surface area contributed by atoms with E-state index in [1.807, 2.05) is 19.1 Å². The van der Waals surface area contributed by atoms with Gasteiger partial charge in [-0.15, -0.1) is 0 Å². The number of anilines is 2. The second-order valence-corrected chi connectivity index (χ2v) is 10.8. The van der Waals surface area contributed by atoms with Crippen molar-refractivity contribution < 1.29 is 17.9 Å². The van der Waals surface area contributed by atoms with Gasteiger partial charge in [0.2, 0.25) is 5.91 Å². The van der Waals surface area contributed by atoms with E-state index in [1.54, 1.807) is 48.5 Å². The summed E-state index contributed by atoms with van der Waals surface area (Å²) in [5.74, 6) is -0.0361. The number of nitrogens with one attached hydrogen (secondary N) is 1. The standard InChI is InChI=1S/C28H33N3O4S/c1-22-10-16-25(17-11-22)36(33,34)31(26-8-4-5-9-27(26)35-2)21-28(32)29-20-23-12-14-24(15-13-23)30-18-6-3-7-19-30/h4-5,8-17H,3,6-7,18-21H2,1-2H3,(H,29,32). The number of benzene rings is 3. The van der Waals surface area contributed by atoms with Crippen LogP contribution in [0, 0.1) is 6.92 Å². The minimum Gasteiger partial charge on any atom is -0.495 e. The Labute approximate surface area is 213 Å². The largest absolute Gasteiger partial charge is 0.495 e. The molecule has 1 aliphatic rings. The van der Waals surface area contributed by atoms with Crippen LogP contribution in [0.25, 0.3) is 0 Å². The summed E-state index contributed by atoms with van der Waals surface area (Å²) in [7, 11) is -2.54. The normalized spacial score (nSPS) is 13.8. The lowest BCUT2D eigenvalue weighted by atomic mass is 10.1. The number of piperidine rings is 1. The van der Waals surface area contributed by atoms with E-state index in [0.29, 0.717) is 18.0 Å². The molecule has 0 aromatic heterocycles. The van der Waals surface area contributed by atoms with Crippen molar-refractivity contribution in [3.05, 3.63) is 83.9 Å². The van der Waals surface area contributed by atoms with Gasteiger partial charge in [0.25, 0.3) is 10.0 Å². The third kappa shape index (κ3) is 5.99. The summed E-state index contributed by atoms with van der Waals surface area (Å²) in [5.41, 5.74) is 3.40. The molecule has 0 aliphatic carbocycles. The highest BCUT2D eigenvalue weighted by molar-refractivity contribution is 7.92. The van der Waals surface area contributed by atoms with Crippen LogP contribution in [0.15, 0.2) is 77.7 Å². The number of hydrogen-bond acceptors (Lipinski definition) is 5. The molecule has 4 rings (SSSR count). The van der Waals surface area contributed by atoms with Gasteiger partial charge in [0.15, 0.2) is 0 Å². The molecular weight excluding hydrogens is 474 g/mol. The van der Waals surface area contributed by atoms with Crippen molar-refractivity contribution in [2.75, 3.05) is 35.9 Å². The van der Waals surface area contributed by atoms with E-state index in [2.05, 4.69) is 22.3 Å². The average Bonchev–Trinajstić information content (AvgIpc) is 2.91. The van der Waals surface area contributed by atoms with Crippen molar-refractivity contribution in [3.8, 4) is 5.75 Å². The third-order valence-electron chi connectivity index (χ3n) is 6.40. The summed E-state index contributed by atoms with van der Waals surface area (Å²) < 4.78 is 33.7. The molecule has 8 heteroatoms. The van der Waals surface area contributed by atoms with E-state index < -0.39 is 15.9 Å². The van der Waals surface area contributed by atoms with Crippen molar-refractivity contribution in [3.63, 3.8) is 0 Å². The molecule has 7 nitrogen and oxygen atoms in total. The lowest BCUT2D eigenvalue weighted by Crippen LogP contribution is -2.40. The number of ether oxygens (including phenoxy) is 1. The summed E-state index contributed by atoms with van der Waals surface area (Å²) in [4.78, 5) is 15.5. The Morgan fingerprint density at radius 2 is 1.61 bits per heavy atom. The predicted molar refractivity (Wildman–Crippen MR) is 143 cm³/mol. The summed E-state index contributed by atoms with van der Waals surface area (Å²) in [6, 6.07) is 21.5. The highest BCUT2D eigenvalue weighted by Gasteiger charge is 2.29. The first-order chi connectivity index (χ1) is 17.4. The molecule has 1 fully saturated rings. The number of amides is 1. The molecule has 3 aromatic carbocycles. The third-order valence-corrected chi connectivity index (χ3v) is 8.17. The maximum Gasteiger partial charge on any atom is 0.264 e. The van der Waals surface area contributed by atoms with Crippen LogP contribution < -0.4 is 19.3 Å². The van der Waals surface area contributed by atoms with Crippen LogP contribution in [-0.4, -0.2) is 41.1 Å². The van der Waals surface area contributed by atoms with Gasteiger partial charge in [-0.25, -0.2) is 8.42 Å². The number of nitrogens with zero attached hydrogens (tertiary/aromatic N) is 2. The van der Waals surface area contributed by atoms with Crippen LogP contribution in [0.3, 0.4) is 0 Å². The zero-order valence-electron chi connectivity index (χ0n) is 20.8. The van der Waals surface area contributed by atoms with Crippen molar-refractivity contribution in [2.45, 2.75) is 37.6 Å². The topological polar surface area (TPSA) is 79.0 Å². The highest BCUT2D eigenvalue weighted by Crippen LogP contribution is 2.32. The number of hydrogen-bond donors (Lipinski definition) is 1. The van der Waals surface area contributed by atoms with Crippen molar-refractivity contribution in [1.82, 2.24) is 5.32 Å². The molecule has 1 saturated heterocycles. The Bertz CT molecular complexity index is 1270. The molecule has 1 heterocycles. The molecule has 1 amide bonds. The van der Waals surface area contributed by atoms with Gasteiger partial charge in [-0.3, -0.25) is 9.10 Å². The van der Waals surface area contributed by atoms with E-state index in [-0.39, 0.29) is 11.4 Å². The molecule has 0 saturated carbocycles. The Hall–Kier alpha value is -3.52. The number of methoxy groups -OCH3 is 1. The highest BCUT2D eigenvalue weighted by atomic mass is 32.2. The van der Waals surface area contributed by atoms with Gasteiger partial charge in [0.1, 0.15) is 12.3 Å². The molecule has 1 aliphatic heterocycles. The molecule has 0 atom stereocenters. The van der Waals surface area contributed by atoms with Crippen LogP contribution in [-0.2, 0) is 21.4 Å². The first kappa shape index (κ1) is 25.6. The van der Waals surface area contributed by atoms with Crippen molar-refractivity contribution in [2.24, 2.45) is 0 Å². The molecule has 0 unspecified atom stereocenters. The maximum atomic E-state index is 13.6. The molecule has 1 N–H and O–H groups in total. The molecule has 0 bridgehead atoms. The van der Waals surface area contributed by atoms with Gasteiger partial charge in [0.05, 0.1) is 17.7 Å². The summed E-state index contributed by atoms with van der Waals surface area (Å²) in [6.45, 7) is 3.97. The van der Waals surface area contributed by atoms with Gasteiger partial charge < -0.3 is 15.0 Å². The molecule has 190 valence electrons. The minimum atomic E-state index is -4.01. The van der Waals surface area contributed by atoms with Gasteiger partial charge in [-0.05, 0) is 68.1 Å². The van der Waals surface area contributed by atoms with E-state index in [4.69, 9.17) is 4.74 Å². The fraction of sp³-hybridized carbons (Fsp3) is 0.321. The summed E-state index contributed by atoms with van der Waals surface area (Å²) in [6.07, 6.45) is 3.71.